The molecule has 5 rings (SSSR count). The Morgan fingerprint density at radius 3 is 2.71 bits per heavy atom. The zero-order chi connectivity index (χ0) is 21.6. The summed E-state index contributed by atoms with van der Waals surface area (Å²) in [6, 6.07) is 3.33. The van der Waals surface area contributed by atoms with Crippen molar-refractivity contribution < 1.29 is 18.0 Å². The van der Waals surface area contributed by atoms with E-state index in [9.17, 15) is 18.0 Å². The number of hydrogen-bond donors (Lipinski definition) is 1. The zero-order valence-corrected chi connectivity index (χ0v) is 17.6. The van der Waals surface area contributed by atoms with Crippen LogP contribution in [-0.4, -0.2) is 54.4 Å². The quantitative estimate of drug-likeness (QED) is 0.735. The monoisotopic (exact) mass is 452 g/mol. The van der Waals surface area contributed by atoms with Gasteiger partial charge in [0.25, 0.3) is 0 Å². The first-order valence-electron chi connectivity index (χ1n) is 10.5. The molecule has 166 valence electrons. The number of pyridine rings is 1. The minimum Gasteiger partial charge on any atom is -0.366 e. The van der Waals surface area contributed by atoms with Crippen molar-refractivity contribution in [2.45, 2.75) is 37.9 Å². The maximum absolute atomic E-state index is 13.3. The molecule has 2 aromatic heterocycles. The Balaban J connectivity index is 1.47. The predicted molar refractivity (Wildman–Crippen MR) is 114 cm³/mol. The maximum Gasteiger partial charge on any atom is 0.393 e. The second kappa shape index (κ2) is 7.85. The number of urea groups is 1. The van der Waals surface area contributed by atoms with Crippen molar-refractivity contribution in [3.63, 3.8) is 0 Å². The highest BCUT2D eigenvalue weighted by Crippen LogP contribution is 2.41. The largest absolute Gasteiger partial charge is 0.393 e. The number of halogens is 3. The van der Waals surface area contributed by atoms with Gasteiger partial charge in [0, 0.05) is 37.8 Å². The molecule has 31 heavy (non-hydrogen) atoms. The maximum atomic E-state index is 13.3. The predicted octanol–water partition coefficient (Wildman–Crippen LogP) is 4.34. The summed E-state index contributed by atoms with van der Waals surface area (Å²) in [6.45, 7) is 2.02. The third kappa shape index (κ3) is 3.90. The second-order valence-electron chi connectivity index (χ2n) is 8.22. The third-order valence-corrected chi connectivity index (χ3v) is 6.93. The Kier molecular flexibility index (Phi) is 5.15. The van der Waals surface area contributed by atoms with Crippen LogP contribution in [0.1, 0.15) is 25.7 Å². The Bertz CT molecular complexity index is 953. The molecular weight excluding hydrogens is 429 g/mol. The molecule has 0 saturated carbocycles. The summed E-state index contributed by atoms with van der Waals surface area (Å²) in [5, 5.41) is 5.12. The lowest BCUT2D eigenvalue weighted by atomic mass is 9.97. The van der Waals surface area contributed by atoms with Crippen LogP contribution in [0.4, 0.5) is 40.4 Å². The number of anilines is 4. The van der Waals surface area contributed by atoms with Crippen LogP contribution < -0.4 is 20.0 Å². The lowest BCUT2D eigenvalue weighted by Gasteiger charge is -2.46. The van der Waals surface area contributed by atoms with Crippen molar-refractivity contribution in [1.82, 2.24) is 9.97 Å². The van der Waals surface area contributed by atoms with Crippen molar-refractivity contribution in [1.29, 1.82) is 0 Å². The van der Waals surface area contributed by atoms with Crippen LogP contribution in [-0.2, 0) is 0 Å². The van der Waals surface area contributed by atoms with Gasteiger partial charge in [-0.1, -0.05) is 0 Å². The summed E-state index contributed by atoms with van der Waals surface area (Å²) in [5.41, 5.74) is 0.846. The molecule has 2 aromatic rings. The first-order chi connectivity index (χ1) is 14.9. The number of piperidine rings is 2. The van der Waals surface area contributed by atoms with Gasteiger partial charge in [0.2, 0.25) is 0 Å². The molecule has 0 radical (unpaired) electrons. The van der Waals surface area contributed by atoms with Gasteiger partial charge < -0.3 is 9.80 Å². The van der Waals surface area contributed by atoms with Gasteiger partial charge in [0.05, 0.1) is 17.6 Å². The summed E-state index contributed by atoms with van der Waals surface area (Å²) in [4.78, 5) is 27.6. The van der Waals surface area contributed by atoms with E-state index in [2.05, 4.69) is 15.2 Å². The van der Waals surface area contributed by atoms with Crippen LogP contribution in [0, 0.1) is 5.92 Å². The third-order valence-electron chi connectivity index (χ3n) is 6.24. The van der Waals surface area contributed by atoms with E-state index >= 15 is 0 Å². The lowest BCUT2D eigenvalue weighted by Crippen LogP contribution is -2.56. The van der Waals surface area contributed by atoms with Crippen LogP contribution in [0.3, 0.4) is 0 Å². The van der Waals surface area contributed by atoms with Crippen molar-refractivity contribution in [3.05, 3.63) is 23.7 Å². The SMILES string of the molecule is O=C(Nc1nccs1)N1c2nc(N3CCCC(C(F)(F)F)C3)ccc2N2CCC[C@H]1C2. The number of nitrogens with one attached hydrogen (secondary N) is 1. The lowest BCUT2D eigenvalue weighted by molar-refractivity contribution is -0.176. The highest BCUT2D eigenvalue weighted by molar-refractivity contribution is 7.13. The van der Waals surface area contributed by atoms with Crippen molar-refractivity contribution >= 4 is 39.8 Å². The number of amides is 2. The van der Waals surface area contributed by atoms with Gasteiger partial charge in [-0.05, 0) is 37.8 Å². The topological polar surface area (TPSA) is 64.6 Å². The van der Waals surface area contributed by atoms with Gasteiger partial charge >= 0.3 is 12.2 Å². The molecule has 7 nitrogen and oxygen atoms in total. The number of nitrogens with zero attached hydrogens (tertiary/aromatic N) is 5. The number of rotatable bonds is 2. The second-order valence-corrected chi connectivity index (χ2v) is 9.11. The molecule has 1 unspecified atom stereocenters. The molecule has 2 atom stereocenters. The van der Waals surface area contributed by atoms with E-state index in [1.807, 2.05) is 6.07 Å². The number of thiazole rings is 1. The van der Waals surface area contributed by atoms with Crippen LogP contribution in [0.5, 0.6) is 0 Å². The fraction of sp³-hybridized carbons (Fsp3) is 0.550. The van der Waals surface area contributed by atoms with Crippen molar-refractivity contribution in [2.75, 3.05) is 46.2 Å². The minimum absolute atomic E-state index is 0.0340. The number of fused-ring (bicyclic) bond motifs is 4. The average molecular weight is 453 g/mol. The first kappa shape index (κ1) is 20.3. The van der Waals surface area contributed by atoms with E-state index in [0.717, 1.165) is 31.6 Å². The molecule has 3 aliphatic heterocycles. The normalized spacial score (nSPS) is 23.5. The molecule has 2 fully saturated rings. The zero-order valence-electron chi connectivity index (χ0n) is 16.8. The van der Waals surface area contributed by atoms with Gasteiger partial charge in [-0.25, -0.2) is 14.8 Å². The van der Waals surface area contributed by atoms with Crippen LogP contribution >= 0.6 is 11.3 Å². The Labute approximate surface area is 181 Å². The molecule has 0 spiro atoms. The van der Waals surface area contributed by atoms with E-state index < -0.39 is 12.1 Å². The molecule has 2 bridgehead atoms. The Morgan fingerprint density at radius 2 is 1.94 bits per heavy atom. The number of hydrogen-bond acceptors (Lipinski definition) is 6. The number of carbonyl (C=O) groups excluding carboxylic acids is 1. The molecular formula is C20H23F3N6OS. The standard InChI is InChI=1S/C20H23F3N6OS/c21-20(22,23)13-3-1-9-28(11-13)16-6-5-15-17(25-16)29(14-4-2-8-27(15)12-14)19(30)26-18-24-7-10-31-18/h5-7,10,13-14H,1-4,8-9,11-12H2,(H,24,26,30)/t13?,14-/m0/s1. The van der Waals surface area contributed by atoms with E-state index in [0.29, 0.717) is 29.7 Å². The molecule has 2 amide bonds. The molecule has 11 heteroatoms. The Hall–Kier alpha value is -2.56. The number of alkyl halides is 3. The first-order valence-corrected chi connectivity index (χ1v) is 11.4. The number of carbonyl (C=O) groups is 1. The summed E-state index contributed by atoms with van der Waals surface area (Å²) >= 11 is 1.33. The highest BCUT2D eigenvalue weighted by atomic mass is 32.1. The molecule has 2 saturated heterocycles. The van der Waals surface area contributed by atoms with Gasteiger partial charge in [0.1, 0.15) is 5.82 Å². The molecule has 0 aliphatic carbocycles. The van der Waals surface area contributed by atoms with Gasteiger partial charge in [0.15, 0.2) is 10.9 Å². The van der Waals surface area contributed by atoms with E-state index in [1.54, 1.807) is 27.4 Å². The summed E-state index contributed by atoms with van der Waals surface area (Å²) in [5.74, 6) is -0.357. The van der Waals surface area contributed by atoms with E-state index in [4.69, 9.17) is 4.98 Å². The molecule has 3 aliphatic rings. The summed E-state index contributed by atoms with van der Waals surface area (Å²) in [6.07, 6.45) is -0.167. The Morgan fingerprint density at radius 1 is 1.13 bits per heavy atom. The van der Waals surface area contributed by atoms with Crippen molar-refractivity contribution in [3.8, 4) is 0 Å². The highest BCUT2D eigenvalue weighted by Gasteiger charge is 2.43. The van der Waals surface area contributed by atoms with Crippen LogP contribution in [0.25, 0.3) is 0 Å². The van der Waals surface area contributed by atoms with Crippen LogP contribution in [0.15, 0.2) is 23.7 Å². The summed E-state index contributed by atoms with van der Waals surface area (Å²) < 4.78 is 39.9. The smallest absolute Gasteiger partial charge is 0.366 e. The summed E-state index contributed by atoms with van der Waals surface area (Å²) in [7, 11) is 0. The molecule has 0 aromatic carbocycles. The van der Waals surface area contributed by atoms with Crippen LogP contribution in [0.2, 0.25) is 0 Å². The van der Waals surface area contributed by atoms with Crippen molar-refractivity contribution in [2.24, 2.45) is 5.92 Å². The van der Waals surface area contributed by atoms with Gasteiger partial charge in [-0.2, -0.15) is 13.2 Å². The van der Waals surface area contributed by atoms with Gasteiger partial charge in [-0.15, -0.1) is 11.3 Å². The minimum atomic E-state index is -4.21. The van der Waals surface area contributed by atoms with E-state index in [1.165, 1.54) is 11.3 Å². The fourth-order valence-corrected chi connectivity index (χ4v) is 5.26. The van der Waals surface area contributed by atoms with Gasteiger partial charge in [-0.3, -0.25) is 10.2 Å². The molecule has 1 N–H and O–H groups in total. The molecule has 5 heterocycles. The average Bonchev–Trinajstić information content (AvgIpc) is 3.26. The van der Waals surface area contributed by atoms with E-state index in [-0.39, 0.29) is 25.0 Å². The number of aromatic nitrogens is 2. The fourth-order valence-electron chi connectivity index (χ4n) is 4.74.